The van der Waals surface area contributed by atoms with Gasteiger partial charge in [0, 0.05) is 0 Å². The van der Waals surface area contributed by atoms with Gasteiger partial charge in [-0.3, -0.25) is 0 Å². The topological polar surface area (TPSA) is 79.2 Å². The van der Waals surface area contributed by atoms with E-state index in [0.29, 0.717) is 0 Å². The molecule has 1 aromatic rings. The largest absolute Gasteiger partial charge is 0.388 e. The summed E-state index contributed by atoms with van der Waals surface area (Å²) in [6.07, 6.45) is -5.12. The first-order valence-corrected chi connectivity index (χ1v) is 5.95. The number of hydrogen-bond acceptors (Lipinski definition) is 5. The highest BCUT2D eigenvalue weighted by molar-refractivity contribution is 5.13. The van der Waals surface area contributed by atoms with Gasteiger partial charge in [-0.1, -0.05) is 30.3 Å². The van der Waals surface area contributed by atoms with Gasteiger partial charge in [0.2, 0.25) is 0 Å². The minimum Gasteiger partial charge on any atom is -0.388 e. The smallest absolute Gasteiger partial charge is 0.186 e. The summed E-state index contributed by atoms with van der Waals surface area (Å²) in [7, 11) is 0. The van der Waals surface area contributed by atoms with E-state index < -0.39 is 30.7 Å². The molecule has 0 aliphatic carbocycles. The Hall–Kier alpha value is -0.980. The van der Waals surface area contributed by atoms with Crippen LogP contribution in [0.1, 0.15) is 12.5 Å². The van der Waals surface area contributed by atoms with Gasteiger partial charge in [0.25, 0.3) is 0 Å². The summed E-state index contributed by atoms with van der Waals surface area (Å²) in [5.74, 6) is 0. The van der Waals surface area contributed by atoms with Crippen LogP contribution in [0.2, 0.25) is 0 Å². The number of rotatable bonds is 3. The van der Waals surface area contributed by atoms with Crippen LogP contribution in [0.25, 0.3) is 0 Å². The predicted molar refractivity (Wildman–Crippen MR) is 63.6 cm³/mol. The van der Waals surface area contributed by atoms with E-state index in [-0.39, 0.29) is 6.61 Å². The van der Waals surface area contributed by atoms with Crippen molar-refractivity contribution in [1.29, 1.82) is 0 Å². The maximum absolute atomic E-state index is 9.74. The highest BCUT2D eigenvalue weighted by Gasteiger charge is 2.42. The molecule has 1 aliphatic rings. The van der Waals surface area contributed by atoms with Crippen LogP contribution < -0.4 is 0 Å². The number of aliphatic hydroxyl groups excluding tert-OH is 3. The van der Waals surface area contributed by atoms with Gasteiger partial charge in [0.15, 0.2) is 6.29 Å². The van der Waals surface area contributed by atoms with E-state index in [9.17, 15) is 15.3 Å². The molecule has 1 aliphatic heterocycles. The summed E-state index contributed by atoms with van der Waals surface area (Å²) < 4.78 is 10.7. The molecule has 1 fully saturated rings. The lowest BCUT2D eigenvalue weighted by Crippen LogP contribution is -2.57. The molecule has 0 spiro atoms. The van der Waals surface area contributed by atoms with E-state index in [2.05, 4.69) is 0 Å². The Bertz CT molecular complexity index is 369. The molecule has 5 heteroatoms. The Balaban J connectivity index is 1.93. The average molecular weight is 254 g/mol. The molecule has 5 nitrogen and oxygen atoms in total. The monoisotopic (exact) mass is 254 g/mol. The fraction of sp³-hybridized carbons (Fsp3) is 0.538. The number of ether oxygens (including phenoxy) is 2. The van der Waals surface area contributed by atoms with Gasteiger partial charge < -0.3 is 24.8 Å². The summed E-state index contributed by atoms with van der Waals surface area (Å²) >= 11 is 0. The molecule has 1 saturated heterocycles. The lowest BCUT2D eigenvalue weighted by molar-refractivity contribution is -0.296. The molecule has 0 saturated carbocycles. The van der Waals surface area contributed by atoms with Crippen LogP contribution in [0.15, 0.2) is 30.3 Å². The van der Waals surface area contributed by atoms with Crippen molar-refractivity contribution >= 4 is 0 Å². The highest BCUT2D eigenvalue weighted by Crippen LogP contribution is 2.22. The third-order valence-electron chi connectivity index (χ3n) is 3.07. The minimum absolute atomic E-state index is 0.276. The van der Waals surface area contributed by atoms with Crippen molar-refractivity contribution < 1.29 is 24.8 Å². The van der Waals surface area contributed by atoms with Gasteiger partial charge >= 0.3 is 0 Å². The molecular weight excluding hydrogens is 236 g/mol. The Morgan fingerprint density at radius 3 is 2.39 bits per heavy atom. The molecular formula is C13H18O5. The SMILES string of the molecule is C[C@@H]1O[C@H](OCc2ccccc2)[C@H](O)[C@H](O)[C@H]1O. The molecule has 5 atom stereocenters. The van der Waals surface area contributed by atoms with Gasteiger partial charge in [-0.15, -0.1) is 0 Å². The third-order valence-corrected chi connectivity index (χ3v) is 3.07. The first-order valence-electron chi connectivity index (χ1n) is 5.95. The van der Waals surface area contributed by atoms with Crippen molar-refractivity contribution in [3.05, 3.63) is 35.9 Å². The molecule has 100 valence electrons. The van der Waals surface area contributed by atoms with Crippen molar-refractivity contribution in [2.24, 2.45) is 0 Å². The fourth-order valence-electron chi connectivity index (χ4n) is 1.90. The van der Waals surface area contributed by atoms with Gasteiger partial charge in [-0.05, 0) is 12.5 Å². The van der Waals surface area contributed by atoms with Crippen LogP contribution in [0.4, 0.5) is 0 Å². The van der Waals surface area contributed by atoms with Crippen LogP contribution in [0.3, 0.4) is 0 Å². The molecule has 0 aromatic heterocycles. The molecule has 1 heterocycles. The fourth-order valence-corrected chi connectivity index (χ4v) is 1.90. The predicted octanol–water partition coefficient (Wildman–Crippen LogP) is 0.0307. The van der Waals surface area contributed by atoms with E-state index in [4.69, 9.17) is 9.47 Å². The first-order chi connectivity index (χ1) is 8.59. The van der Waals surface area contributed by atoms with Crippen molar-refractivity contribution in [3.8, 4) is 0 Å². The lowest BCUT2D eigenvalue weighted by Gasteiger charge is -2.38. The Morgan fingerprint density at radius 2 is 1.72 bits per heavy atom. The maximum Gasteiger partial charge on any atom is 0.186 e. The number of hydrogen-bond donors (Lipinski definition) is 3. The molecule has 18 heavy (non-hydrogen) atoms. The van der Waals surface area contributed by atoms with Crippen LogP contribution >= 0.6 is 0 Å². The summed E-state index contributed by atoms with van der Waals surface area (Å²) in [6, 6.07) is 9.46. The summed E-state index contributed by atoms with van der Waals surface area (Å²) in [6.45, 7) is 1.90. The summed E-state index contributed by atoms with van der Waals surface area (Å²) in [4.78, 5) is 0. The lowest BCUT2D eigenvalue weighted by atomic mass is 10.00. The molecule has 1 aromatic carbocycles. The second-order valence-electron chi connectivity index (χ2n) is 4.48. The Kier molecular flexibility index (Phi) is 4.31. The van der Waals surface area contributed by atoms with Crippen LogP contribution in [0, 0.1) is 0 Å². The van der Waals surface area contributed by atoms with Gasteiger partial charge in [0.05, 0.1) is 12.7 Å². The van der Waals surface area contributed by atoms with E-state index >= 15 is 0 Å². The van der Waals surface area contributed by atoms with E-state index in [0.717, 1.165) is 5.56 Å². The van der Waals surface area contributed by atoms with Crippen molar-refractivity contribution in [1.82, 2.24) is 0 Å². The third kappa shape index (κ3) is 2.88. The van der Waals surface area contributed by atoms with Crippen LogP contribution in [-0.2, 0) is 16.1 Å². The second-order valence-corrected chi connectivity index (χ2v) is 4.48. The van der Waals surface area contributed by atoms with E-state index in [1.54, 1.807) is 6.92 Å². The molecule has 0 unspecified atom stereocenters. The molecule has 3 N–H and O–H groups in total. The molecule has 2 rings (SSSR count). The molecule has 0 bridgehead atoms. The van der Waals surface area contributed by atoms with Gasteiger partial charge in [-0.2, -0.15) is 0 Å². The minimum atomic E-state index is -1.26. The standard InChI is InChI=1S/C13H18O5/c1-8-10(14)11(15)12(16)13(18-8)17-7-9-5-3-2-4-6-9/h2-6,8,10-16H,7H2,1H3/t8-,10-,11+,12+,13-/m0/s1. The number of aliphatic hydroxyl groups is 3. The summed E-state index contributed by atoms with van der Waals surface area (Å²) in [5, 5.41) is 28.9. The van der Waals surface area contributed by atoms with Crippen molar-refractivity contribution in [2.75, 3.05) is 0 Å². The normalized spacial score (nSPS) is 36.6. The Labute approximate surface area is 106 Å². The average Bonchev–Trinajstić information content (AvgIpc) is 2.40. The van der Waals surface area contributed by atoms with E-state index in [1.807, 2.05) is 30.3 Å². The van der Waals surface area contributed by atoms with Crippen LogP contribution in [0.5, 0.6) is 0 Å². The van der Waals surface area contributed by atoms with Crippen molar-refractivity contribution in [2.45, 2.75) is 44.2 Å². The summed E-state index contributed by atoms with van der Waals surface area (Å²) in [5.41, 5.74) is 0.946. The van der Waals surface area contributed by atoms with Gasteiger partial charge in [0.1, 0.15) is 18.3 Å². The number of benzene rings is 1. The van der Waals surface area contributed by atoms with E-state index in [1.165, 1.54) is 0 Å². The molecule has 0 radical (unpaired) electrons. The zero-order valence-corrected chi connectivity index (χ0v) is 10.1. The second kappa shape index (κ2) is 5.77. The maximum atomic E-state index is 9.74. The molecule has 0 amide bonds. The van der Waals surface area contributed by atoms with Gasteiger partial charge in [-0.25, -0.2) is 0 Å². The quantitative estimate of drug-likeness (QED) is 0.709. The zero-order chi connectivity index (χ0) is 13.1. The van der Waals surface area contributed by atoms with Crippen molar-refractivity contribution in [3.63, 3.8) is 0 Å². The Morgan fingerprint density at radius 1 is 1.06 bits per heavy atom. The van der Waals surface area contributed by atoms with Crippen LogP contribution in [-0.4, -0.2) is 46.0 Å². The zero-order valence-electron chi connectivity index (χ0n) is 10.1. The highest BCUT2D eigenvalue weighted by atomic mass is 16.7. The first kappa shape index (κ1) is 13.5.